The van der Waals surface area contributed by atoms with Crippen LogP contribution in [-0.2, 0) is 6.42 Å². The van der Waals surface area contributed by atoms with Crippen molar-refractivity contribution >= 4 is 0 Å². The molecule has 0 fully saturated rings. The average Bonchev–Trinajstić information content (AvgIpc) is 2.52. The lowest BCUT2D eigenvalue weighted by Crippen LogP contribution is -1.95. The maximum Gasteiger partial charge on any atom is -0.00916 e. The van der Waals surface area contributed by atoms with Crippen LogP contribution >= 0.6 is 0 Å². The zero-order valence-corrected chi connectivity index (χ0v) is 14.2. The molecule has 0 heterocycles. The van der Waals surface area contributed by atoms with Crippen molar-refractivity contribution < 1.29 is 0 Å². The maximum atomic E-state index is 2.28. The van der Waals surface area contributed by atoms with Crippen molar-refractivity contribution in [3.8, 4) is 11.1 Å². The Kier molecular flexibility index (Phi) is 5.77. The van der Waals surface area contributed by atoms with Crippen molar-refractivity contribution in [2.24, 2.45) is 0 Å². The predicted octanol–water partition coefficient (Wildman–Crippen LogP) is 6.34. The van der Waals surface area contributed by atoms with Crippen LogP contribution in [0.3, 0.4) is 0 Å². The van der Waals surface area contributed by atoms with E-state index in [-0.39, 0.29) is 0 Å². The monoisotopic (exact) mass is 290 g/mol. The van der Waals surface area contributed by atoms with Gasteiger partial charge in [-0.05, 0) is 67.0 Å². The summed E-state index contributed by atoms with van der Waals surface area (Å²) in [5.41, 5.74) is 8.25. The fourth-order valence-corrected chi connectivity index (χ4v) is 2.75. The highest BCUT2D eigenvalue weighted by Gasteiger charge is 2.08. The second kappa shape index (κ2) is 7.79. The Morgan fingerprint density at radius 1 is 0.773 bits per heavy atom. The van der Waals surface area contributed by atoms with E-state index in [9.17, 15) is 0 Å². The molecule has 0 unspecified atom stereocenters. The third kappa shape index (κ3) is 3.76. The molecule has 2 rings (SSSR count). The number of hydrogen-bond donors (Lipinski definition) is 0. The first-order valence-electron chi connectivity index (χ1n) is 8.12. The fraction of sp³-hybridized carbons (Fsp3) is 0.273. The van der Waals surface area contributed by atoms with Gasteiger partial charge >= 0.3 is 0 Å². The van der Waals surface area contributed by atoms with Gasteiger partial charge in [-0.25, -0.2) is 0 Å². The summed E-state index contributed by atoms with van der Waals surface area (Å²) in [5.74, 6) is 0. The molecule has 0 amide bonds. The van der Waals surface area contributed by atoms with Gasteiger partial charge < -0.3 is 0 Å². The molecule has 0 spiro atoms. The van der Waals surface area contributed by atoms with Gasteiger partial charge in [0, 0.05) is 0 Å². The molecule has 2 aromatic rings. The highest BCUT2D eigenvalue weighted by Crippen LogP contribution is 2.30. The van der Waals surface area contributed by atoms with Crippen LogP contribution in [0.2, 0.25) is 0 Å². The number of rotatable bonds is 5. The molecule has 0 radical (unpaired) electrons. The minimum Gasteiger partial charge on any atom is -0.0848 e. The van der Waals surface area contributed by atoms with Gasteiger partial charge in [0.25, 0.3) is 0 Å². The van der Waals surface area contributed by atoms with Crippen LogP contribution in [0.1, 0.15) is 35.6 Å². The standard InChI is InChI=1S/C22H26/c1-5-6-7-8-9-13-20-15-16-22(19(4)18(20)3)21-14-11-10-12-17(21)2/h6-12,14-16H,5,13H2,1-4H3/b7-6-,9-8-. The molecule has 0 aromatic heterocycles. The smallest absolute Gasteiger partial charge is 0.00916 e. The van der Waals surface area contributed by atoms with Crippen molar-refractivity contribution in [3.05, 3.63) is 83.0 Å². The van der Waals surface area contributed by atoms with Crippen LogP contribution in [0.15, 0.2) is 60.7 Å². The lowest BCUT2D eigenvalue weighted by Gasteiger charge is -2.14. The van der Waals surface area contributed by atoms with Crippen LogP contribution in [0.5, 0.6) is 0 Å². The maximum absolute atomic E-state index is 2.28. The van der Waals surface area contributed by atoms with E-state index in [1.807, 2.05) is 0 Å². The van der Waals surface area contributed by atoms with Gasteiger partial charge in [0.2, 0.25) is 0 Å². The third-order valence-corrected chi connectivity index (χ3v) is 4.29. The zero-order chi connectivity index (χ0) is 15.9. The second-order valence-electron chi connectivity index (χ2n) is 5.81. The first-order valence-corrected chi connectivity index (χ1v) is 8.12. The Hall–Kier alpha value is -2.08. The van der Waals surface area contributed by atoms with Crippen LogP contribution < -0.4 is 0 Å². The third-order valence-electron chi connectivity index (χ3n) is 4.29. The highest BCUT2D eigenvalue weighted by atomic mass is 14.1. The van der Waals surface area contributed by atoms with Crippen molar-refractivity contribution in [3.63, 3.8) is 0 Å². The largest absolute Gasteiger partial charge is 0.0848 e. The molecule has 2 aromatic carbocycles. The molecule has 0 atom stereocenters. The topological polar surface area (TPSA) is 0 Å². The molecular formula is C22H26. The highest BCUT2D eigenvalue weighted by molar-refractivity contribution is 5.72. The zero-order valence-electron chi connectivity index (χ0n) is 14.2. The molecule has 0 aliphatic heterocycles. The van der Waals surface area contributed by atoms with Crippen molar-refractivity contribution in [1.82, 2.24) is 0 Å². The summed E-state index contributed by atoms with van der Waals surface area (Å²) in [5, 5.41) is 0. The first-order chi connectivity index (χ1) is 10.6. The minimum atomic E-state index is 0.995. The van der Waals surface area contributed by atoms with Gasteiger partial charge in [-0.2, -0.15) is 0 Å². The van der Waals surface area contributed by atoms with Crippen molar-refractivity contribution in [1.29, 1.82) is 0 Å². The molecule has 0 heteroatoms. The Morgan fingerprint density at radius 2 is 1.50 bits per heavy atom. The lowest BCUT2D eigenvalue weighted by atomic mass is 9.90. The SMILES string of the molecule is CC/C=C\C=C/Cc1ccc(-c2ccccc2C)c(C)c1C. The van der Waals surface area contributed by atoms with Gasteiger partial charge in [0.15, 0.2) is 0 Å². The Balaban J connectivity index is 2.28. The van der Waals surface area contributed by atoms with Crippen LogP contribution in [0.25, 0.3) is 11.1 Å². The molecule has 22 heavy (non-hydrogen) atoms. The van der Waals surface area contributed by atoms with E-state index in [1.54, 1.807) is 0 Å². The molecule has 0 aliphatic carbocycles. The molecular weight excluding hydrogens is 264 g/mol. The van der Waals surface area contributed by atoms with Crippen molar-refractivity contribution in [2.75, 3.05) is 0 Å². The van der Waals surface area contributed by atoms with E-state index >= 15 is 0 Å². The minimum absolute atomic E-state index is 0.995. The molecule has 0 nitrogen and oxygen atoms in total. The summed E-state index contributed by atoms with van der Waals surface area (Å²) >= 11 is 0. The summed E-state index contributed by atoms with van der Waals surface area (Å²) in [4.78, 5) is 0. The quantitative estimate of drug-likeness (QED) is 0.563. The van der Waals surface area contributed by atoms with Crippen LogP contribution in [0, 0.1) is 20.8 Å². The second-order valence-corrected chi connectivity index (χ2v) is 5.81. The first kappa shape index (κ1) is 16.3. The van der Waals surface area contributed by atoms with E-state index in [4.69, 9.17) is 0 Å². The van der Waals surface area contributed by atoms with Gasteiger partial charge in [-0.15, -0.1) is 0 Å². The molecule has 0 N–H and O–H groups in total. The summed E-state index contributed by atoms with van der Waals surface area (Å²) in [6, 6.07) is 13.2. The normalized spacial score (nSPS) is 11.6. The number of hydrogen-bond acceptors (Lipinski definition) is 0. The van der Waals surface area contributed by atoms with Gasteiger partial charge in [-0.1, -0.05) is 67.6 Å². The Morgan fingerprint density at radius 3 is 2.23 bits per heavy atom. The van der Waals surface area contributed by atoms with Gasteiger partial charge in [0.1, 0.15) is 0 Å². The average molecular weight is 290 g/mol. The summed E-state index contributed by atoms with van der Waals surface area (Å²) in [6.07, 6.45) is 10.8. The van der Waals surface area contributed by atoms with E-state index in [2.05, 4.69) is 88.4 Å². The van der Waals surface area contributed by atoms with Gasteiger partial charge in [0.05, 0.1) is 0 Å². The Bertz CT molecular complexity index is 687. The number of benzene rings is 2. The lowest BCUT2D eigenvalue weighted by molar-refractivity contribution is 1.18. The number of aryl methyl sites for hydroxylation is 1. The van der Waals surface area contributed by atoms with E-state index in [0.29, 0.717) is 0 Å². The molecule has 114 valence electrons. The van der Waals surface area contributed by atoms with Gasteiger partial charge in [-0.3, -0.25) is 0 Å². The van der Waals surface area contributed by atoms with Crippen LogP contribution in [-0.4, -0.2) is 0 Å². The molecule has 0 bridgehead atoms. The van der Waals surface area contributed by atoms with E-state index in [1.165, 1.54) is 33.4 Å². The summed E-state index contributed by atoms with van der Waals surface area (Å²) in [7, 11) is 0. The molecule has 0 aliphatic rings. The van der Waals surface area contributed by atoms with E-state index < -0.39 is 0 Å². The van der Waals surface area contributed by atoms with Crippen molar-refractivity contribution in [2.45, 2.75) is 40.5 Å². The van der Waals surface area contributed by atoms with Crippen LogP contribution in [0.4, 0.5) is 0 Å². The summed E-state index contributed by atoms with van der Waals surface area (Å²) < 4.78 is 0. The summed E-state index contributed by atoms with van der Waals surface area (Å²) in [6.45, 7) is 8.81. The Labute approximate surface area is 135 Å². The molecule has 0 saturated carbocycles. The predicted molar refractivity (Wildman–Crippen MR) is 98.4 cm³/mol. The fourth-order valence-electron chi connectivity index (χ4n) is 2.75. The van der Waals surface area contributed by atoms with E-state index in [0.717, 1.165) is 12.8 Å². The number of allylic oxidation sites excluding steroid dienone is 4. The molecule has 0 saturated heterocycles.